The third-order valence-corrected chi connectivity index (χ3v) is 8.13. The Morgan fingerprint density at radius 3 is 2.83 bits per heavy atom. The Balaban J connectivity index is 1.14. The van der Waals surface area contributed by atoms with Crippen molar-refractivity contribution in [2.24, 2.45) is 0 Å². The number of thiazole rings is 1. The number of fused-ring (bicyclic) bond motifs is 2. The molecule has 1 N–H and O–H groups in total. The van der Waals surface area contributed by atoms with E-state index < -0.39 is 5.82 Å². The summed E-state index contributed by atoms with van der Waals surface area (Å²) in [6, 6.07) is 7.32. The Hall–Kier alpha value is -2.87. The summed E-state index contributed by atoms with van der Waals surface area (Å²) in [6.45, 7) is 6.52. The van der Waals surface area contributed by atoms with Crippen LogP contribution in [0.4, 0.5) is 9.52 Å². The van der Waals surface area contributed by atoms with Gasteiger partial charge in [-0.25, -0.2) is 9.37 Å². The van der Waals surface area contributed by atoms with E-state index in [1.54, 1.807) is 18.2 Å². The highest BCUT2D eigenvalue weighted by atomic mass is 32.2. The van der Waals surface area contributed by atoms with Crippen molar-refractivity contribution in [3.63, 3.8) is 0 Å². The fourth-order valence-electron chi connectivity index (χ4n) is 4.29. The first-order chi connectivity index (χ1) is 17.6. The minimum absolute atomic E-state index is 0.102. The van der Waals surface area contributed by atoms with Crippen LogP contribution in [0, 0.1) is 5.82 Å². The molecule has 36 heavy (non-hydrogen) atoms. The minimum atomic E-state index is -0.429. The lowest BCUT2D eigenvalue weighted by Gasteiger charge is -2.34. The molecule has 13 heteroatoms. The van der Waals surface area contributed by atoms with Crippen LogP contribution in [-0.2, 0) is 4.79 Å². The van der Waals surface area contributed by atoms with E-state index >= 15 is 0 Å². The van der Waals surface area contributed by atoms with Gasteiger partial charge in [-0.15, -0.1) is 15.3 Å². The summed E-state index contributed by atoms with van der Waals surface area (Å²) in [6.07, 6.45) is 2.61. The first-order valence-corrected chi connectivity index (χ1v) is 13.6. The van der Waals surface area contributed by atoms with Crippen LogP contribution in [0.1, 0.15) is 19.8 Å². The van der Waals surface area contributed by atoms with Gasteiger partial charge >= 0.3 is 0 Å². The van der Waals surface area contributed by atoms with Gasteiger partial charge in [-0.05, 0) is 43.7 Å². The topological polar surface area (TPSA) is 101 Å². The second kappa shape index (κ2) is 9.88. The Bertz CT molecular complexity index is 1410. The van der Waals surface area contributed by atoms with Crippen LogP contribution >= 0.6 is 23.1 Å². The summed E-state index contributed by atoms with van der Waals surface area (Å²) < 4.78 is 22.7. The van der Waals surface area contributed by atoms with Gasteiger partial charge in [0, 0.05) is 44.4 Å². The molecule has 0 radical (unpaired) electrons. The van der Waals surface area contributed by atoms with E-state index in [0.29, 0.717) is 45.4 Å². The third kappa shape index (κ3) is 5.01. The number of piperazine rings is 1. The van der Waals surface area contributed by atoms with Gasteiger partial charge in [0.1, 0.15) is 5.82 Å². The van der Waals surface area contributed by atoms with Crippen molar-refractivity contribution >= 4 is 50.0 Å². The standard InChI is InChI=1S/C23H25FN8O2S2/c1-2-34-21-6-5-19-27-28-23(32(19)29-21)36-17-12-18-16(11-15(17)24)25-22(35-18)26-20(33)13-30-7-9-31(10-8-30)14-3-4-14/h5-6,11-12,14H,2-4,7-10,13H2,1H3,(H,25,26,33). The number of hydrogen-bond donors (Lipinski definition) is 1. The number of anilines is 1. The number of aromatic nitrogens is 5. The fourth-order valence-corrected chi connectivity index (χ4v) is 6.10. The number of nitrogens with zero attached hydrogens (tertiary/aromatic N) is 7. The Kier molecular flexibility index (Phi) is 6.46. The number of carbonyl (C=O) groups excluding carboxylic acids is 1. The number of amides is 1. The maximum Gasteiger partial charge on any atom is 0.240 e. The summed E-state index contributed by atoms with van der Waals surface area (Å²) >= 11 is 2.44. The minimum Gasteiger partial charge on any atom is -0.477 e. The molecule has 188 valence electrons. The second-order valence-corrected chi connectivity index (χ2v) is 10.9. The molecule has 1 aliphatic heterocycles. The van der Waals surface area contributed by atoms with Crippen LogP contribution in [0.25, 0.3) is 15.9 Å². The predicted octanol–water partition coefficient (Wildman–Crippen LogP) is 3.14. The first-order valence-electron chi connectivity index (χ1n) is 11.9. The summed E-state index contributed by atoms with van der Waals surface area (Å²) in [5.41, 5.74) is 1.04. The molecule has 0 spiro atoms. The summed E-state index contributed by atoms with van der Waals surface area (Å²) in [7, 11) is 0. The maximum atomic E-state index is 14.9. The van der Waals surface area contributed by atoms with Crippen LogP contribution in [0.3, 0.4) is 0 Å². The molecule has 1 aliphatic carbocycles. The number of hydrogen-bond acceptors (Lipinski definition) is 10. The molecule has 1 aromatic carbocycles. The summed E-state index contributed by atoms with van der Waals surface area (Å²) in [5.74, 6) is -0.0905. The van der Waals surface area contributed by atoms with E-state index in [0.717, 1.165) is 48.7 Å². The van der Waals surface area contributed by atoms with Gasteiger partial charge < -0.3 is 10.1 Å². The molecule has 2 fully saturated rings. The lowest BCUT2D eigenvalue weighted by molar-refractivity contribution is -0.117. The number of nitrogens with one attached hydrogen (secondary N) is 1. The van der Waals surface area contributed by atoms with Gasteiger partial charge in [0.05, 0.1) is 28.3 Å². The Labute approximate surface area is 214 Å². The Morgan fingerprint density at radius 2 is 2.06 bits per heavy atom. The average molecular weight is 529 g/mol. The number of benzene rings is 1. The monoisotopic (exact) mass is 528 g/mol. The van der Waals surface area contributed by atoms with Gasteiger partial charge in [0.2, 0.25) is 16.9 Å². The lowest BCUT2D eigenvalue weighted by atomic mass is 10.3. The molecule has 1 saturated heterocycles. The largest absolute Gasteiger partial charge is 0.477 e. The molecule has 1 amide bonds. The number of rotatable bonds is 8. The summed E-state index contributed by atoms with van der Waals surface area (Å²) in [5, 5.41) is 16.4. The van der Waals surface area contributed by atoms with Gasteiger partial charge in [-0.2, -0.15) is 4.52 Å². The molecule has 10 nitrogen and oxygen atoms in total. The van der Waals surface area contributed by atoms with Crippen LogP contribution < -0.4 is 10.1 Å². The van der Waals surface area contributed by atoms with Crippen molar-refractivity contribution in [3.05, 3.63) is 30.1 Å². The van der Waals surface area contributed by atoms with Gasteiger partial charge in [0.25, 0.3) is 0 Å². The number of halogens is 1. The highest BCUT2D eigenvalue weighted by Crippen LogP contribution is 2.35. The zero-order valence-electron chi connectivity index (χ0n) is 19.7. The SMILES string of the molecule is CCOc1ccc2nnc(Sc3cc4sc(NC(=O)CN5CCN(C6CC6)CC5)nc4cc3F)n2n1. The van der Waals surface area contributed by atoms with Gasteiger partial charge in [-0.1, -0.05) is 11.3 Å². The lowest BCUT2D eigenvalue weighted by Crippen LogP contribution is -2.49. The molecule has 4 aromatic rings. The van der Waals surface area contributed by atoms with Crippen molar-refractivity contribution in [1.29, 1.82) is 0 Å². The second-order valence-electron chi connectivity index (χ2n) is 8.82. The van der Waals surface area contributed by atoms with Crippen molar-refractivity contribution in [3.8, 4) is 5.88 Å². The average Bonchev–Trinajstić information content (AvgIpc) is 3.54. The van der Waals surface area contributed by atoms with E-state index in [2.05, 4.69) is 35.4 Å². The predicted molar refractivity (Wildman–Crippen MR) is 135 cm³/mol. The van der Waals surface area contributed by atoms with Crippen LogP contribution in [-0.4, -0.2) is 85.9 Å². The van der Waals surface area contributed by atoms with E-state index in [4.69, 9.17) is 4.74 Å². The van der Waals surface area contributed by atoms with Crippen molar-refractivity contribution < 1.29 is 13.9 Å². The quantitative estimate of drug-likeness (QED) is 0.370. The first kappa shape index (κ1) is 23.5. The fraction of sp³-hybridized carbons (Fsp3) is 0.435. The molecule has 0 bridgehead atoms. The molecular formula is C23H25FN8O2S2. The molecule has 6 rings (SSSR count). The zero-order chi connectivity index (χ0) is 24.6. The highest BCUT2D eigenvalue weighted by molar-refractivity contribution is 7.99. The molecule has 0 unspecified atom stereocenters. The van der Waals surface area contributed by atoms with E-state index in [9.17, 15) is 9.18 Å². The zero-order valence-corrected chi connectivity index (χ0v) is 21.3. The molecular weight excluding hydrogens is 503 g/mol. The molecule has 2 aliphatic rings. The third-order valence-electron chi connectivity index (χ3n) is 6.23. The normalized spacial score (nSPS) is 17.2. The highest BCUT2D eigenvalue weighted by Gasteiger charge is 2.31. The van der Waals surface area contributed by atoms with Gasteiger partial charge in [0.15, 0.2) is 10.8 Å². The van der Waals surface area contributed by atoms with Crippen molar-refractivity contribution in [2.75, 3.05) is 44.6 Å². The molecule has 1 saturated carbocycles. The number of ether oxygens (including phenoxy) is 1. The van der Waals surface area contributed by atoms with Crippen LogP contribution in [0.5, 0.6) is 5.88 Å². The smallest absolute Gasteiger partial charge is 0.240 e. The summed E-state index contributed by atoms with van der Waals surface area (Å²) in [4.78, 5) is 22.1. The van der Waals surface area contributed by atoms with Crippen LogP contribution in [0.2, 0.25) is 0 Å². The van der Waals surface area contributed by atoms with Crippen molar-refractivity contribution in [2.45, 2.75) is 35.9 Å². The van der Waals surface area contributed by atoms with E-state index in [1.807, 2.05) is 6.92 Å². The van der Waals surface area contributed by atoms with E-state index in [-0.39, 0.29) is 5.91 Å². The van der Waals surface area contributed by atoms with Crippen molar-refractivity contribution in [1.82, 2.24) is 34.6 Å². The maximum absolute atomic E-state index is 14.9. The van der Waals surface area contributed by atoms with Crippen LogP contribution in [0.15, 0.2) is 34.3 Å². The number of carbonyl (C=O) groups is 1. The molecule has 3 aromatic heterocycles. The molecule has 4 heterocycles. The van der Waals surface area contributed by atoms with Gasteiger partial charge in [-0.3, -0.25) is 14.6 Å². The molecule has 0 atom stereocenters. The Morgan fingerprint density at radius 1 is 1.22 bits per heavy atom. The van der Waals surface area contributed by atoms with E-state index in [1.165, 1.54) is 34.8 Å².